The minimum atomic E-state index is -1.49. The summed E-state index contributed by atoms with van der Waals surface area (Å²) in [5.41, 5.74) is 1.26. The van der Waals surface area contributed by atoms with E-state index >= 15 is 0 Å². The first-order chi connectivity index (χ1) is 12.0. The van der Waals surface area contributed by atoms with E-state index in [-0.39, 0.29) is 11.5 Å². The lowest BCUT2D eigenvalue weighted by Gasteiger charge is -2.32. The molecule has 1 aliphatic heterocycles. The van der Waals surface area contributed by atoms with Gasteiger partial charge in [0.25, 0.3) is 5.91 Å². The maximum Gasteiger partial charge on any atom is 0.253 e. The molecule has 3 nitrogen and oxygen atoms in total. The number of rotatable bonds is 3. The summed E-state index contributed by atoms with van der Waals surface area (Å²) in [7, 11) is 1.88. The van der Waals surface area contributed by atoms with Crippen molar-refractivity contribution in [2.24, 2.45) is 0 Å². The van der Waals surface area contributed by atoms with Gasteiger partial charge < -0.3 is 10.2 Å². The van der Waals surface area contributed by atoms with Crippen molar-refractivity contribution in [1.82, 2.24) is 10.2 Å². The molecule has 0 aliphatic carbocycles. The summed E-state index contributed by atoms with van der Waals surface area (Å²) in [5, 5.41) is 3.19. The summed E-state index contributed by atoms with van der Waals surface area (Å²) in [6.45, 7) is 1.37. The number of hydrogen-bond donors (Lipinski definition) is 1. The Morgan fingerprint density at radius 1 is 1.08 bits per heavy atom. The van der Waals surface area contributed by atoms with Gasteiger partial charge in [-0.25, -0.2) is 13.2 Å². The van der Waals surface area contributed by atoms with E-state index in [4.69, 9.17) is 0 Å². The van der Waals surface area contributed by atoms with Crippen LogP contribution in [0.15, 0.2) is 36.4 Å². The average molecular weight is 348 g/mol. The molecule has 0 aromatic heterocycles. The average Bonchev–Trinajstić information content (AvgIpc) is 2.65. The number of amides is 1. The first-order valence-corrected chi connectivity index (χ1v) is 8.21. The molecule has 0 saturated carbocycles. The van der Waals surface area contributed by atoms with E-state index in [0.29, 0.717) is 30.3 Å². The van der Waals surface area contributed by atoms with Crippen molar-refractivity contribution in [3.8, 4) is 11.1 Å². The summed E-state index contributed by atoms with van der Waals surface area (Å²) in [5.74, 6) is -4.02. The number of likely N-dealkylation sites (N-methyl/N-ethyl adjacent to an activating group) is 1. The normalized spacial score (nSPS) is 17.6. The maximum atomic E-state index is 13.4. The van der Waals surface area contributed by atoms with Crippen LogP contribution in [0.4, 0.5) is 13.2 Å². The van der Waals surface area contributed by atoms with Gasteiger partial charge in [-0.15, -0.1) is 0 Å². The van der Waals surface area contributed by atoms with E-state index in [2.05, 4.69) is 5.32 Å². The molecule has 1 atom stereocenters. The third kappa shape index (κ3) is 3.69. The molecule has 6 heteroatoms. The highest BCUT2D eigenvalue weighted by Crippen LogP contribution is 2.24. The number of nitrogens with one attached hydrogen (secondary N) is 1. The fourth-order valence-electron chi connectivity index (χ4n) is 3.11. The Morgan fingerprint density at radius 3 is 2.32 bits per heavy atom. The van der Waals surface area contributed by atoms with Crippen molar-refractivity contribution >= 4 is 5.91 Å². The Hall–Kier alpha value is -2.34. The van der Waals surface area contributed by atoms with Gasteiger partial charge in [-0.1, -0.05) is 12.1 Å². The van der Waals surface area contributed by atoms with Gasteiger partial charge in [0.05, 0.1) is 0 Å². The molecule has 132 valence electrons. The van der Waals surface area contributed by atoms with E-state index < -0.39 is 17.5 Å². The van der Waals surface area contributed by atoms with E-state index in [1.807, 2.05) is 7.05 Å². The van der Waals surface area contributed by atoms with Gasteiger partial charge in [-0.2, -0.15) is 0 Å². The minimum Gasteiger partial charge on any atom is -0.337 e. The van der Waals surface area contributed by atoms with Crippen LogP contribution in [0, 0.1) is 17.5 Å². The van der Waals surface area contributed by atoms with Crippen LogP contribution in [0.25, 0.3) is 11.1 Å². The fourth-order valence-corrected chi connectivity index (χ4v) is 3.11. The van der Waals surface area contributed by atoms with Gasteiger partial charge in [0, 0.05) is 24.7 Å². The van der Waals surface area contributed by atoms with Crippen molar-refractivity contribution in [3.63, 3.8) is 0 Å². The summed E-state index contributed by atoms with van der Waals surface area (Å²) < 4.78 is 39.8. The zero-order valence-electron chi connectivity index (χ0n) is 13.9. The second-order valence-electron chi connectivity index (χ2n) is 6.21. The number of halogens is 3. The molecular formula is C19H19F3N2O. The highest BCUT2D eigenvalue weighted by atomic mass is 19.2. The van der Waals surface area contributed by atoms with Crippen LogP contribution in [0.3, 0.4) is 0 Å². The molecule has 0 radical (unpaired) electrons. The predicted molar refractivity (Wildman–Crippen MR) is 89.7 cm³/mol. The standard InChI is InChI=1S/C19H19F3N2O/c1-23-15-3-2-8-24(11-15)19(25)13-6-4-12(5-7-13)14-9-16(20)18(22)17(21)10-14/h4-7,9-10,15,23H,2-3,8,11H2,1H3. The van der Waals surface area contributed by atoms with E-state index in [0.717, 1.165) is 25.0 Å². The van der Waals surface area contributed by atoms with Gasteiger partial charge in [0.1, 0.15) is 0 Å². The number of carbonyl (C=O) groups excluding carboxylic acids is 1. The molecule has 1 fully saturated rings. The molecule has 2 aromatic rings. The topological polar surface area (TPSA) is 32.3 Å². The number of hydrogen-bond acceptors (Lipinski definition) is 2. The Labute approximate surface area is 144 Å². The van der Waals surface area contributed by atoms with Crippen LogP contribution < -0.4 is 5.32 Å². The Kier molecular flexibility index (Phi) is 5.08. The van der Waals surface area contributed by atoms with Gasteiger partial charge in [-0.3, -0.25) is 4.79 Å². The molecular weight excluding hydrogens is 329 g/mol. The highest BCUT2D eigenvalue weighted by molar-refractivity contribution is 5.94. The van der Waals surface area contributed by atoms with E-state index in [1.54, 1.807) is 29.2 Å². The minimum absolute atomic E-state index is 0.0667. The second kappa shape index (κ2) is 7.27. The molecule has 1 amide bonds. The number of piperidine rings is 1. The number of nitrogens with zero attached hydrogens (tertiary/aromatic N) is 1. The summed E-state index contributed by atoms with van der Waals surface area (Å²) >= 11 is 0. The molecule has 25 heavy (non-hydrogen) atoms. The zero-order valence-corrected chi connectivity index (χ0v) is 13.9. The first kappa shape index (κ1) is 17.5. The van der Waals surface area contributed by atoms with Crippen LogP contribution in [0.5, 0.6) is 0 Å². The molecule has 1 heterocycles. The molecule has 0 bridgehead atoms. The van der Waals surface area contributed by atoms with Crippen molar-refractivity contribution in [3.05, 3.63) is 59.4 Å². The Morgan fingerprint density at radius 2 is 1.72 bits per heavy atom. The molecule has 1 unspecified atom stereocenters. The monoisotopic (exact) mass is 348 g/mol. The lowest BCUT2D eigenvalue weighted by molar-refractivity contribution is 0.0698. The van der Waals surface area contributed by atoms with E-state index in [9.17, 15) is 18.0 Å². The molecule has 3 rings (SSSR count). The van der Waals surface area contributed by atoms with Crippen LogP contribution in [-0.4, -0.2) is 37.0 Å². The predicted octanol–water partition coefficient (Wildman–Crippen LogP) is 3.59. The van der Waals surface area contributed by atoms with Crippen LogP contribution >= 0.6 is 0 Å². The van der Waals surface area contributed by atoms with Crippen LogP contribution in [0.2, 0.25) is 0 Å². The van der Waals surface area contributed by atoms with Crippen molar-refractivity contribution < 1.29 is 18.0 Å². The lowest BCUT2D eigenvalue weighted by Crippen LogP contribution is -2.46. The fraction of sp³-hybridized carbons (Fsp3) is 0.316. The third-order valence-corrected chi connectivity index (χ3v) is 4.57. The van der Waals surface area contributed by atoms with Crippen molar-refractivity contribution in [2.75, 3.05) is 20.1 Å². The molecule has 2 aromatic carbocycles. The summed E-state index contributed by atoms with van der Waals surface area (Å²) in [6.07, 6.45) is 1.99. The molecule has 1 N–H and O–H groups in total. The SMILES string of the molecule is CNC1CCCN(C(=O)c2ccc(-c3cc(F)c(F)c(F)c3)cc2)C1. The largest absolute Gasteiger partial charge is 0.337 e. The lowest BCUT2D eigenvalue weighted by atomic mass is 10.0. The van der Waals surface area contributed by atoms with E-state index in [1.165, 1.54) is 0 Å². The summed E-state index contributed by atoms with van der Waals surface area (Å²) in [4.78, 5) is 14.4. The highest BCUT2D eigenvalue weighted by Gasteiger charge is 2.23. The molecule has 1 saturated heterocycles. The summed E-state index contributed by atoms with van der Waals surface area (Å²) in [6, 6.07) is 8.65. The van der Waals surface area contributed by atoms with Crippen molar-refractivity contribution in [2.45, 2.75) is 18.9 Å². The Bertz CT molecular complexity index is 754. The van der Waals surface area contributed by atoms with Crippen molar-refractivity contribution in [1.29, 1.82) is 0 Å². The third-order valence-electron chi connectivity index (χ3n) is 4.57. The molecule has 1 aliphatic rings. The van der Waals surface area contributed by atoms with Gasteiger partial charge >= 0.3 is 0 Å². The quantitative estimate of drug-likeness (QED) is 0.860. The number of likely N-dealkylation sites (tertiary alicyclic amines) is 1. The number of benzene rings is 2. The van der Waals surface area contributed by atoms with Gasteiger partial charge in [0.2, 0.25) is 0 Å². The Balaban J connectivity index is 1.79. The van der Waals surface area contributed by atoms with Gasteiger partial charge in [-0.05, 0) is 55.3 Å². The van der Waals surface area contributed by atoms with Gasteiger partial charge in [0.15, 0.2) is 17.5 Å². The van der Waals surface area contributed by atoms with Crippen LogP contribution in [0.1, 0.15) is 23.2 Å². The van der Waals surface area contributed by atoms with Crippen LogP contribution in [-0.2, 0) is 0 Å². The first-order valence-electron chi connectivity index (χ1n) is 8.21. The molecule has 0 spiro atoms. The maximum absolute atomic E-state index is 13.4. The second-order valence-corrected chi connectivity index (χ2v) is 6.21. The smallest absolute Gasteiger partial charge is 0.253 e. The zero-order chi connectivity index (χ0) is 18.0. The number of carbonyl (C=O) groups is 1.